The first-order valence-corrected chi connectivity index (χ1v) is 16.3. The number of amides is 1. The van der Waals surface area contributed by atoms with Gasteiger partial charge in [-0.2, -0.15) is 0 Å². The summed E-state index contributed by atoms with van der Waals surface area (Å²) in [6.07, 6.45) is 3.48. The predicted molar refractivity (Wildman–Crippen MR) is 168 cm³/mol. The van der Waals surface area contributed by atoms with Crippen LogP contribution in [0.25, 0.3) is 11.3 Å². The molecule has 0 radical (unpaired) electrons. The van der Waals surface area contributed by atoms with Gasteiger partial charge in [0.2, 0.25) is 5.91 Å². The second kappa shape index (κ2) is 13.8. The van der Waals surface area contributed by atoms with Crippen molar-refractivity contribution in [3.63, 3.8) is 0 Å². The van der Waals surface area contributed by atoms with E-state index in [-0.39, 0.29) is 25.8 Å². The number of benzene rings is 2. The van der Waals surface area contributed by atoms with Crippen LogP contribution in [-0.4, -0.2) is 60.7 Å². The monoisotopic (exact) mass is 641 g/mol. The van der Waals surface area contributed by atoms with E-state index in [2.05, 4.69) is 10.2 Å². The van der Waals surface area contributed by atoms with Gasteiger partial charge in [0.25, 0.3) is 0 Å². The number of fused-ring (bicyclic) bond motifs is 1. The molecule has 242 valence electrons. The Bertz CT molecular complexity index is 1500. The highest BCUT2D eigenvalue weighted by atomic mass is 32.1. The normalized spacial score (nSPS) is 16.0. The molecule has 0 saturated carbocycles. The third-order valence-electron chi connectivity index (χ3n) is 8.17. The number of esters is 1. The number of hydrogen-bond donors (Lipinski definition) is 1. The fraction of sp³-hybridized carbons (Fsp3) is 0.500. The summed E-state index contributed by atoms with van der Waals surface area (Å²) in [5.74, 6) is -1.55. The van der Waals surface area contributed by atoms with Gasteiger partial charge in [0, 0.05) is 23.6 Å². The number of thiazole rings is 1. The second-order valence-electron chi connectivity index (χ2n) is 12.9. The zero-order valence-electron chi connectivity index (χ0n) is 26.3. The number of nitrogens with one attached hydrogen (secondary N) is 1. The van der Waals surface area contributed by atoms with E-state index in [1.807, 2.05) is 23.6 Å². The van der Waals surface area contributed by atoms with E-state index in [9.17, 15) is 18.4 Å². The first-order chi connectivity index (χ1) is 21.4. The molecule has 0 unspecified atom stereocenters. The standard InChI is InChI=1S/C34H41F2N3O5S/c1-33(2,3)44-31(40)19-34(17-22-14-26(35)27(36)15-23(22)18-34)32(41)37-20-30-38-28(21-45-30)25-9-8-24(16-29(25)42-4)43-13-7-12-39-10-5-6-11-39/h8-9,14-16,21H,5-7,10-13,17-20H2,1-4H3,(H,37,41). The molecule has 1 fully saturated rings. The van der Waals surface area contributed by atoms with Crippen LogP contribution in [0.2, 0.25) is 0 Å². The van der Waals surface area contributed by atoms with E-state index in [0.29, 0.717) is 34.2 Å². The SMILES string of the molecule is COc1cc(OCCCN2CCCC2)ccc1-c1csc(CNC(=O)C2(CC(=O)OC(C)(C)C)Cc3cc(F)c(F)cc3C2)n1. The Hall–Kier alpha value is -3.57. The third-order valence-corrected chi connectivity index (χ3v) is 9.02. The van der Waals surface area contributed by atoms with Gasteiger partial charge in [0.1, 0.15) is 22.1 Å². The zero-order chi connectivity index (χ0) is 32.2. The Morgan fingerprint density at radius 2 is 1.76 bits per heavy atom. The molecule has 0 atom stereocenters. The van der Waals surface area contributed by atoms with E-state index in [0.717, 1.165) is 36.4 Å². The largest absolute Gasteiger partial charge is 0.496 e. The number of ether oxygens (including phenoxy) is 3. The number of hydrogen-bond acceptors (Lipinski definition) is 8. The summed E-state index contributed by atoms with van der Waals surface area (Å²) in [5, 5.41) is 5.47. The van der Waals surface area contributed by atoms with Crippen molar-refractivity contribution in [2.24, 2.45) is 5.41 Å². The maximum Gasteiger partial charge on any atom is 0.307 e. The van der Waals surface area contributed by atoms with Crippen LogP contribution in [0.1, 0.15) is 62.6 Å². The number of rotatable bonds is 12. The number of halogens is 2. The minimum Gasteiger partial charge on any atom is -0.496 e. The van der Waals surface area contributed by atoms with Crippen LogP contribution < -0.4 is 14.8 Å². The number of carbonyl (C=O) groups excluding carboxylic acids is 2. The number of nitrogens with zero attached hydrogens (tertiary/aromatic N) is 2. The minimum atomic E-state index is -1.24. The average Bonchev–Trinajstić information content (AvgIpc) is 3.74. The quantitative estimate of drug-likeness (QED) is 0.189. The molecule has 11 heteroatoms. The summed E-state index contributed by atoms with van der Waals surface area (Å²) in [4.78, 5) is 33.8. The van der Waals surface area contributed by atoms with Gasteiger partial charge in [0.05, 0.1) is 37.8 Å². The van der Waals surface area contributed by atoms with Crippen LogP contribution in [0.4, 0.5) is 8.78 Å². The highest BCUT2D eigenvalue weighted by Crippen LogP contribution is 2.42. The Labute approximate surface area is 267 Å². The maximum atomic E-state index is 14.0. The lowest BCUT2D eigenvalue weighted by Gasteiger charge is -2.28. The summed E-state index contributed by atoms with van der Waals surface area (Å²) in [6.45, 7) is 9.38. The van der Waals surface area contributed by atoms with Crippen LogP contribution in [0.15, 0.2) is 35.7 Å². The number of likely N-dealkylation sites (tertiary alicyclic amines) is 1. The van der Waals surface area contributed by atoms with Crippen molar-refractivity contribution in [2.45, 2.75) is 71.4 Å². The van der Waals surface area contributed by atoms with Gasteiger partial charge in [-0.05, 0) is 101 Å². The van der Waals surface area contributed by atoms with Gasteiger partial charge in [-0.3, -0.25) is 9.59 Å². The van der Waals surface area contributed by atoms with E-state index >= 15 is 0 Å². The Balaban J connectivity index is 1.24. The lowest BCUT2D eigenvalue weighted by atomic mass is 9.80. The van der Waals surface area contributed by atoms with Gasteiger partial charge in [0.15, 0.2) is 11.6 Å². The van der Waals surface area contributed by atoms with Crippen molar-refractivity contribution in [3.05, 3.63) is 63.5 Å². The molecule has 1 aliphatic carbocycles. The van der Waals surface area contributed by atoms with Crippen LogP contribution in [0, 0.1) is 17.0 Å². The first kappa shape index (κ1) is 32.8. The van der Waals surface area contributed by atoms with Crippen LogP contribution in [-0.2, 0) is 33.7 Å². The molecule has 5 rings (SSSR count). The molecule has 1 aliphatic heterocycles. The van der Waals surface area contributed by atoms with Crippen LogP contribution in [0.5, 0.6) is 11.5 Å². The van der Waals surface area contributed by atoms with Gasteiger partial charge in [-0.1, -0.05) is 0 Å². The number of aromatic nitrogens is 1. The smallest absolute Gasteiger partial charge is 0.307 e. The molecule has 1 saturated heterocycles. The second-order valence-corrected chi connectivity index (χ2v) is 13.8. The van der Waals surface area contributed by atoms with Gasteiger partial charge in [-0.25, -0.2) is 13.8 Å². The van der Waals surface area contributed by atoms with Gasteiger partial charge >= 0.3 is 5.97 Å². The molecule has 0 bridgehead atoms. The summed E-state index contributed by atoms with van der Waals surface area (Å²) in [6, 6.07) is 7.89. The molecule has 2 aliphatic rings. The molecule has 1 aromatic heterocycles. The Morgan fingerprint density at radius 3 is 2.40 bits per heavy atom. The number of methoxy groups -OCH3 is 1. The van der Waals surface area contributed by atoms with Crippen molar-refractivity contribution in [1.82, 2.24) is 15.2 Å². The molecule has 8 nitrogen and oxygen atoms in total. The van der Waals surface area contributed by atoms with E-state index < -0.39 is 34.5 Å². The highest BCUT2D eigenvalue weighted by molar-refractivity contribution is 7.09. The van der Waals surface area contributed by atoms with E-state index in [4.69, 9.17) is 19.2 Å². The molecule has 45 heavy (non-hydrogen) atoms. The number of carbonyl (C=O) groups is 2. The van der Waals surface area contributed by atoms with Crippen molar-refractivity contribution in [3.8, 4) is 22.8 Å². The molecule has 3 aromatic rings. The minimum absolute atomic E-state index is 0.0948. The zero-order valence-corrected chi connectivity index (χ0v) is 27.2. The summed E-state index contributed by atoms with van der Waals surface area (Å²) < 4.78 is 45.2. The van der Waals surface area contributed by atoms with Crippen LogP contribution >= 0.6 is 11.3 Å². The van der Waals surface area contributed by atoms with Gasteiger partial charge < -0.3 is 24.4 Å². The predicted octanol–water partition coefficient (Wildman–Crippen LogP) is 6.09. The first-order valence-electron chi connectivity index (χ1n) is 15.4. The highest BCUT2D eigenvalue weighted by Gasteiger charge is 2.46. The summed E-state index contributed by atoms with van der Waals surface area (Å²) in [5.41, 5.74) is 0.537. The maximum absolute atomic E-state index is 14.0. The Kier molecular flexibility index (Phi) is 10.1. The molecule has 1 amide bonds. The molecule has 1 N–H and O–H groups in total. The fourth-order valence-corrected chi connectivity index (χ4v) is 6.82. The van der Waals surface area contributed by atoms with E-state index in [1.54, 1.807) is 27.9 Å². The summed E-state index contributed by atoms with van der Waals surface area (Å²) in [7, 11) is 1.60. The lowest BCUT2D eigenvalue weighted by Crippen LogP contribution is -2.44. The van der Waals surface area contributed by atoms with Crippen LogP contribution in [0.3, 0.4) is 0 Å². The van der Waals surface area contributed by atoms with Crippen molar-refractivity contribution in [2.75, 3.05) is 33.4 Å². The lowest BCUT2D eigenvalue weighted by molar-refractivity contribution is -0.160. The molecule has 2 heterocycles. The average molecular weight is 642 g/mol. The van der Waals surface area contributed by atoms with Crippen molar-refractivity contribution >= 4 is 23.2 Å². The fourth-order valence-electron chi connectivity index (χ4n) is 6.09. The third kappa shape index (κ3) is 8.18. The van der Waals surface area contributed by atoms with Crippen molar-refractivity contribution < 1.29 is 32.6 Å². The molecular weight excluding hydrogens is 600 g/mol. The van der Waals surface area contributed by atoms with E-state index in [1.165, 1.54) is 37.3 Å². The molecule has 2 aromatic carbocycles. The Morgan fingerprint density at radius 1 is 1.07 bits per heavy atom. The summed E-state index contributed by atoms with van der Waals surface area (Å²) >= 11 is 1.39. The van der Waals surface area contributed by atoms with Crippen molar-refractivity contribution in [1.29, 1.82) is 0 Å². The topological polar surface area (TPSA) is 90.0 Å². The molecular formula is C34H41F2N3O5S. The molecule has 0 spiro atoms. The van der Waals surface area contributed by atoms with Gasteiger partial charge in [-0.15, -0.1) is 11.3 Å².